The first-order valence-electron chi connectivity index (χ1n) is 12.6. The molecule has 212 valence electrons. The second-order valence-electron chi connectivity index (χ2n) is 10.8. The molecule has 0 amide bonds. The highest BCUT2D eigenvalue weighted by Crippen LogP contribution is 2.45. The lowest BCUT2D eigenvalue weighted by atomic mass is 10.0. The monoisotopic (exact) mass is 594 g/mol. The van der Waals surface area contributed by atoms with Gasteiger partial charge in [-0.2, -0.15) is 0 Å². The molecule has 0 saturated heterocycles. The van der Waals surface area contributed by atoms with Gasteiger partial charge in [-0.05, 0) is 36.3 Å². The van der Waals surface area contributed by atoms with Crippen LogP contribution in [0.15, 0.2) is 46.8 Å². The number of ether oxygens (including phenoxy) is 3. The molecular formula is C27H35FN2O6S2Si. The topological polar surface area (TPSA) is 87.2 Å². The van der Waals surface area contributed by atoms with E-state index >= 15 is 4.39 Å². The summed E-state index contributed by atoms with van der Waals surface area (Å²) in [5, 5.41) is 1.83. The summed E-state index contributed by atoms with van der Waals surface area (Å²) < 4.78 is 68.0. The molecule has 1 atom stereocenters. The number of sulfonamides is 1. The van der Waals surface area contributed by atoms with Crippen molar-refractivity contribution < 1.29 is 31.4 Å². The minimum atomic E-state index is -4.40. The third-order valence-electron chi connectivity index (χ3n) is 7.30. The largest absolute Gasteiger partial charge is 0.497 e. The van der Waals surface area contributed by atoms with Crippen LogP contribution in [-0.2, 0) is 21.0 Å². The maximum atomic E-state index is 15.7. The van der Waals surface area contributed by atoms with Gasteiger partial charge in [-0.15, -0.1) is 11.3 Å². The molecule has 12 heteroatoms. The predicted molar refractivity (Wildman–Crippen MR) is 153 cm³/mol. The van der Waals surface area contributed by atoms with Gasteiger partial charge in [-0.1, -0.05) is 20.8 Å². The van der Waals surface area contributed by atoms with Crippen molar-refractivity contribution in [3.05, 3.63) is 58.9 Å². The summed E-state index contributed by atoms with van der Waals surface area (Å²) in [4.78, 5) is 3.73. The molecule has 39 heavy (non-hydrogen) atoms. The van der Waals surface area contributed by atoms with Gasteiger partial charge in [0.15, 0.2) is 13.4 Å². The van der Waals surface area contributed by atoms with E-state index < -0.39 is 29.1 Å². The van der Waals surface area contributed by atoms with E-state index in [1.165, 1.54) is 32.5 Å². The summed E-state index contributed by atoms with van der Waals surface area (Å²) in [7, 11) is -3.55. The van der Waals surface area contributed by atoms with E-state index in [-0.39, 0.29) is 22.8 Å². The molecule has 0 fully saturated rings. The lowest BCUT2D eigenvalue weighted by molar-refractivity contribution is 0.121. The lowest BCUT2D eigenvalue weighted by Gasteiger charge is -2.40. The first-order chi connectivity index (χ1) is 18.3. The molecule has 0 aliphatic carbocycles. The normalized spacial score (nSPS) is 15.8. The Morgan fingerprint density at radius 2 is 1.92 bits per heavy atom. The Balaban J connectivity index is 1.75. The van der Waals surface area contributed by atoms with E-state index in [9.17, 15) is 8.42 Å². The molecule has 2 aromatic carbocycles. The van der Waals surface area contributed by atoms with E-state index in [1.54, 1.807) is 23.6 Å². The number of methoxy groups -OCH3 is 2. The van der Waals surface area contributed by atoms with Crippen molar-refractivity contribution in [1.29, 1.82) is 0 Å². The maximum Gasteiger partial charge on any atom is 0.269 e. The Bertz CT molecular complexity index is 1420. The van der Waals surface area contributed by atoms with Gasteiger partial charge in [0.25, 0.3) is 10.0 Å². The van der Waals surface area contributed by atoms with E-state index in [1.807, 2.05) is 0 Å². The minimum absolute atomic E-state index is 0.0377. The molecule has 0 radical (unpaired) electrons. The van der Waals surface area contributed by atoms with Crippen LogP contribution < -0.4 is 18.5 Å². The summed E-state index contributed by atoms with van der Waals surface area (Å²) in [6, 6.07) is 7.60. The first kappa shape index (κ1) is 29.3. The Morgan fingerprint density at radius 3 is 2.54 bits per heavy atom. The number of nitrogens with zero attached hydrogens (tertiary/aromatic N) is 2. The number of benzene rings is 2. The average Bonchev–Trinajstić information content (AvgIpc) is 3.40. The summed E-state index contributed by atoms with van der Waals surface area (Å²) in [5.41, 5.74) is 1.09. The molecule has 1 aliphatic heterocycles. The Hall–Kier alpha value is -2.67. The molecule has 2 heterocycles. The van der Waals surface area contributed by atoms with Crippen LogP contribution >= 0.6 is 11.3 Å². The first-order valence-corrected chi connectivity index (χ1v) is 17.8. The molecule has 0 spiro atoms. The molecule has 1 aromatic heterocycles. The van der Waals surface area contributed by atoms with Gasteiger partial charge in [0.1, 0.15) is 28.0 Å². The van der Waals surface area contributed by atoms with E-state index in [2.05, 4.69) is 38.8 Å². The summed E-state index contributed by atoms with van der Waals surface area (Å²) in [6.45, 7) is 10.9. The van der Waals surface area contributed by atoms with Crippen LogP contribution in [0.5, 0.6) is 17.2 Å². The molecule has 1 aliphatic rings. The standard InChI is InChI=1S/C27H35FN2O6S2Si/c1-27(2,3)39(6,7)36-22-10-12-35-24-16-25(21(28)15-20(22)24)38(31,32)30(26-29-11-13-37-26)17-18-8-9-19(33-4)14-23(18)34-5/h8-9,11,13-16,22H,10,12,17H2,1-7H3/t22-/m1/s1. The molecule has 0 saturated carbocycles. The van der Waals surface area contributed by atoms with Crippen molar-refractivity contribution >= 4 is 34.8 Å². The summed E-state index contributed by atoms with van der Waals surface area (Å²) in [6.07, 6.45) is 1.69. The molecule has 3 aromatic rings. The molecule has 8 nitrogen and oxygen atoms in total. The van der Waals surface area contributed by atoms with Crippen molar-refractivity contribution in [3.8, 4) is 17.2 Å². The van der Waals surface area contributed by atoms with Gasteiger partial charge in [-0.3, -0.25) is 0 Å². The molecule has 0 bridgehead atoms. The second-order valence-corrected chi connectivity index (χ2v) is 18.3. The number of thiazole rings is 1. The maximum absolute atomic E-state index is 15.7. The number of hydrogen-bond acceptors (Lipinski definition) is 8. The summed E-state index contributed by atoms with van der Waals surface area (Å²) >= 11 is 1.14. The van der Waals surface area contributed by atoms with E-state index in [0.29, 0.717) is 41.4 Å². The van der Waals surface area contributed by atoms with Crippen molar-refractivity contribution in [3.63, 3.8) is 0 Å². The second kappa shape index (κ2) is 11.1. The zero-order chi connectivity index (χ0) is 28.6. The molecule has 0 unspecified atom stereocenters. The number of aromatic nitrogens is 1. The Morgan fingerprint density at radius 1 is 1.18 bits per heavy atom. The number of halogens is 1. The van der Waals surface area contributed by atoms with Crippen LogP contribution in [0.3, 0.4) is 0 Å². The fourth-order valence-corrected chi connectivity index (χ4v) is 7.70. The highest BCUT2D eigenvalue weighted by atomic mass is 32.2. The van der Waals surface area contributed by atoms with Crippen LogP contribution in [0.25, 0.3) is 0 Å². The number of fused-ring (bicyclic) bond motifs is 1. The number of hydrogen-bond donors (Lipinski definition) is 0. The van der Waals surface area contributed by atoms with Crippen LogP contribution in [-0.4, -0.2) is 42.5 Å². The molecule has 4 rings (SSSR count). The number of anilines is 1. The van der Waals surface area contributed by atoms with Gasteiger partial charge < -0.3 is 18.6 Å². The van der Waals surface area contributed by atoms with E-state index in [4.69, 9.17) is 18.6 Å². The Labute approximate surface area is 234 Å². The molecule has 0 N–H and O–H groups in total. The van der Waals surface area contributed by atoms with Crippen molar-refractivity contribution in [2.75, 3.05) is 25.1 Å². The van der Waals surface area contributed by atoms with Gasteiger partial charge in [0.2, 0.25) is 0 Å². The van der Waals surface area contributed by atoms with Crippen LogP contribution in [0.2, 0.25) is 18.1 Å². The fraction of sp³-hybridized carbons (Fsp3) is 0.444. The van der Waals surface area contributed by atoms with Crippen molar-refractivity contribution in [2.45, 2.75) is 62.9 Å². The van der Waals surface area contributed by atoms with Gasteiger partial charge in [0, 0.05) is 41.3 Å². The van der Waals surface area contributed by atoms with E-state index in [0.717, 1.165) is 15.6 Å². The predicted octanol–water partition coefficient (Wildman–Crippen LogP) is 6.54. The third kappa shape index (κ3) is 5.93. The van der Waals surface area contributed by atoms with Gasteiger partial charge in [-0.25, -0.2) is 22.1 Å². The van der Waals surface area contributed by atoms with Gasteiger partial charge >= 0.3 is 0 Å². The highest BCUT2D eigenvalue weighted by molar-refractivity contribution is 7.93. The SMILES string of the molecule is COc1ccc(CN(c2nccs2)S(=O)(=O)c2cc3c(cc2F)[C@H](O[Si](C)(C)C(C)(C)C)CCO3)c(OC)c1. The molecular weight excluding hydrogens is 560 g/mol. The van der Waals surface area contributed by atoms with Crippen LogP contribution in [0.4, 0.5) is 9.52 Å². The van der Waals surface area contributed by atoms with Gasteiger partial charge in [0.05, 0.1) is 33.5 Å². The Kier molecular flexibility index (Phi) is 8.32. The average molecular weight is 595 g/mol. The van der Waals surface area contributed by atoms with Crippen LogP contribution in [0.1, 0.15) is 44.4 Å². The van der Waals surface area contributed by atoms with Crippen LogP contribution in [0, 0.1) is 5.82 Å². The minimum Gasteiger partial charge on any atom is -0.497 e. The fourth-order valence-electron chi connectivity index (χ4n) is 4.06. The van der Waals surface area contributed by atoms with Crippen molar-refractivity contribution in [2.24, 2.45) is 0 Å². The third-order valence-corrected chi connectivity index (χ3v) is 14.4. The quantitative estimate of drug-likeness (QED) is 0.260. The zero-order valence-corrected chi connectivity index (χ0v) is 25.9. The highest BCUT2D eigenvalue weighted by Gasteiger charge is 2.41. The smallest absolute Gasteiger partial charge is 0.269 e. The summed E-state index contributed by atoms with van der Waals surface area (Å²) in [5.74, 6) is 0.440. The lowest BCUT2D eigenvalue weighted by Crippen LogP contribution is -2.42. The zero-order valence-electron chi connectivity index (χ0n) is 23.3. The van der Waals surface area contributed by atoms with Crippen molar-refractivity contribution in [1.82, 2.24) is 4.98 Å². The number of rotatable bonds is 9.